The molecule has 0 amide bonds. The van der Waals surface area contributed by atoms with Gasteiger partial charge < -0.3 is 10.1 Å². The van der Waals surface area contributed by atoms with Gasteiger partial charge in [-0.05, 0) is 48.0 Å². The van der Waals surface area contributed by atoms with Crippen LogP contribution in [0.3, 0.4) is 0 Å². The van der Waals surface area contributed by atoms with Crippen LogP contribution in [0.4, 0.5) is 0 Å². The predicted molar refractivity (Wildman–Crippen MR) is 72.6 cm³/mol. The molecule has 0 aromatic heterocycles. The van der Waals surface area contributed by atoms with Crippen molar-refractivity contribution in [3.8, 4) is 5.75 Å². The monoisotopic (exact) mass is 229 g/mol. The average Bonchev–Trinajstić information content (AvgIpc) is 2.37. The molecule has 0 heterocycles. The van der Waals surface area contributed by atoms with E-state index in [1.165, 1.54) is 16.3 Å². The second-order valence-electron chi connectivity index (χ2n) is 4.25. The van der Waals surface area contributed by atoms with Gasteiger partial charge >= 0.3 is 0 Å². The fraction of sp³-hybridized carbons (Fsp3) is 0.333. The van der Waals surface area contributed by atoms with Crippen LogP contribution in [0.1, 0.15) is 25.5 Å². The molecule has 1 N–H and O–H groups in total. The Morgan fingerprint density at radius 1 is 1.12 bits per heavy atom. The number of benzene rings is 2. The zero-order chi connectivity index (χ0) is 12.3. The molecule has 1 atom stereocenters. The quantitative estimate of drug-likeness (QED) is 0.866. The van der Waals surface area contributed by atoms with Gasteiger partial charge in [-0.2, -0.15) is 0 Å². The molecule has 2 rings (SSSR count). The molecule has 0 aliphatic carbocycles. The zero-order valence-electron chi connectivity index (χ0n) is 10.7. The number of hydrogen-bond acceptors (Lipinski definition) is 2. The Labute approximate surface area is 103 Å². The van der Waals surface area contributed by atoms with Gasteiger partial charge in [-0.25, -0.2) is 0 Å². The number of ether oxygens (including phenoxy) is 1. The van der Waals surface area contributed by atoms with Crippen molar-refractivity contribution in [2.75, 3.05) is 13.7 Å². The van der Waals surface area contributed by atoms with E-state index >= 15 is 0 Å². The van der Waals surface area contributed by atoms with Crippen molar-refractivity contribution < 1.29 is 4.74 Å². The smallest absolute Gasteiger partial charge is 0.119 e. The summed E-state index contributed by atoms with van der Waals surface area (Å²) in [6, 6.07) is 13.1. The first-order valence-electron chi connectivity index (χ1n) is 6.05. The summed E-state index contributed by atoms with van der Waals surface area (Å²) >= 11 is 0. The molecule has 0 spiro atoms. The third-order valence-corrected chi connectivity index (χ3v) is 3.08. The Morgan fingerprint density at radius 2 is 1.82 bits per heavy atom. The van der Waals surface area contributed by atoms with Crippen LogP contribution in [0, 0.1) is 0 Å². The van der Waals surface area contributed by atoms with Gasteiger partial charge in [0, 0.05) is 6.04 Å². The van der Waals surface area contributed by atoms with E-state index in [2.05, 4.69) is 49.5 Å². The van der Waals surface area contributed by atoms with Gasteiger partial charge in [0.05, 0.1) is 7.11 Å². The number of methoxy groups -OCH3 is 1. The van der Waals surface area contributed by atoms with Gasteiger partial charge in [0.1, 0.15) is 5.75 Å². The number of rotatable bonds is 4. The lowest BCUT2D eigenvalue weighted by Gasteiger charge is -2.13. The average molecular weight is 229 g/mol. The maximum Gasteiger partial charge on any atom is 0.119 e. The highest BCUT2D eigenvalue weighted by Gasteiger charge is 2.04. The second kappa shape index (κ2) is 5.19. The molecule has 1 unspecified atom stereocenters. The van der Waals surface area contributed by atoms with Crippen LogP contribution in [0.15, 0.2) is 36.4 Å². The third-order valence-electron chi connectivity index (χ3n) is 3.08. The van der Waals surface area contributed by atoms with E-state index in [9.17, 15) is 0 Å². The minimum absolute atomic E-state index is 0.395. The molecule has 0 aliphatic rings. The highest BCUT2D eigenvalue weighted by Crippen LogP contribution is 2.24. The molecule has 0 fully saturated rings. The fourth-order valence-electron chi connectivity index (χ4n) is 2.06. The molecule has 2 heteroatoms. The Balaban J connectivity index is 2.37. The molecular formula is C15H19NO. The van der Waals surface area contributed by atoms with Gasteiger partial charge in [0.25, 0.3) is 0 Å². The lowest BCUT2D eigenvalue weighted by Crippen LogP contribution is -2.17. The molecular weight excluding hydrogens is 210 g/mol. The van der Waals surface area contributed by atoms with Gasteiger partial charge in [-0.1, -0.05) is 25.1 Å². The van der Waals surface area contributed by atoms with Crippen LogP contribution in [-0.2, 0) is 0 Å². The van der Waals surface area contributed by atoms with E-state index in [-0.39, 0.29) is 0 Å². The SMILES string of the molecule is CCNC(C)c1ccc2cc(OC)ccc2c1. The molecule has 17 heavy (non-hydrogen) atoms. The van der Waals surface area contributed by atoms with Crippen molar-refractivity contribution in [3.05, 3.63) is 42.0 Å². The number of hydrogen-bond donors (Lipinski definition) is 1. The van der Waals surface area contributed by atoms with Crippen molar-refractivity contribution >= 4 is 10.8 Å². The van der Waals surface area contributed by atoms with Crippen molar-refractivity contribution in [3.63, 3.8) is 0 Å². The summed E-state index contributed by atoms with van der Waals surface area (Å²) in [5, 5.41) is 5.90. The summed E-state index contributed by atoms with van der Waals surface area (Å²) < 4.78 is 5.23. The largest absolute Gasteiger partial charge is 0.497 e. The van der Waals surface area contributed by atoms with Crippen LogP contribution in [0.2, 0.25) is 0 Å². The number of nitrogens with one attached hydrogen (secondary N) is 1. The lowest BCUT2D eigenvalue weighted by molar-refractivity contribution is 0.415. The molecule has 0 saturated carbocycles. The molecule has 2 aromatic carbocycles. The van der Waals surface area contributed by atoms with Crippen LogP contribution < -0.4 is 10.1 Å². The normalized spacial score (nSPS) is 12.6. The van der Waals surface area contributed by atoms with Crippen LogP contribution >= 0.6 is 0 Å². The molecule has 90 valence electrons. The summed E-state index contributed by atoms with van der Waals surface area (Å²) in [6.07, 6.45) is 0. The van der Waals surface area contributed by atoms with Gasteiger partial charge in [0.15, 0.2) is 0 Å². The zero-order valence-corrected chi connectivity index (χ0v) is 10.7. The van der Waals surface area contributed by atoms with Crippen LogP contribution in [0.25, 0.3) is 10.8 Å². The van der Waals surface area contributed by atoms with Crippen LogP contribution in [-0.4, -0.2) is 13.7 Å². The molecule has 0 saturated heterocycles. The van der Waals surface area contributed by atoms with Crippen molar-refractivity contribution in [1.29, 1.82) is 0 Å². The summed E-state index contributed by atoms with van der Waals surface area (Å²) in [4.78, 5) is 0. The molecule has 2 aromatic rings. The Kier molecular flexibility index (Phi) is 3.64. The molecule has 0 bridgehead atoms. The molecule has 2 nitrogen and oxygen atoms in total. The van der Waals surface area contributed by atoms with Gasteiger partial charge in [-0.3, -0.25) is 0 Å². The first kappa shape index (κ1) is 11.9. The summed E-state index contributed by atoms with van der Waals surface area (Å²) in [6.45, 7) is 5.30. The summed E-state index contributed by atoms with van der Waals surface area (Å²) in [5.41, 5.74) is 1.32. The summed E-state index contributed by atoms with van der Waals surface area (Å²) in [7, 11) is 1.70. The van der Waals surface area contributed by atoms with Crippen molar-refractivity contribution in [2.45, 2.75) is 19.9 Å². The maximum atomic E-state index is 5.23. The third kappa shape index (κ3) is 2.59. The second-order valence-corrected chi connectivity index (χ2v) is 4.25. The highest BCUT2D eigenvalue weighted by atomic mass is 16.5. The van der Waals surface area contributed by atoms with E-state index in [4.69, 9.17) is 4.74 Å². The van der Waals surface area contributed by atoms with E-state index in [0.29, 0.717) is 6.04 Å². The van der Waals surface area contributed by atoms with E-state index in [1.54, 1.807) is 7.11 Å². The van der Waals surface area contributed by atoms with Crippen molar-refractivity contribution in [1.82, 2.24) is 5.32 Å². The maximum absolute atomic E-state index is 5.23. The lowest BCUT2D eigenvalue weighted by atomic mass is 10.0. The van der Waals surface area contributed by atoms with Crippen molar-refractivity contribution in [2.24, 2.45) is 0 Å². The topological polar surface area (TPSA) is 21.3 Å². The molecule has 0 radical (unpaired) electrons. The Morgan fingerprint density at radius 3 is 2.53 bits per heavy atom. The molecule has 0 aliphatic heterocycles. The summed E-state index contributed by atoms with van der Waals surface area (Å²) in [5.74, 6) is 0.907. The Hall–Kier alpha value is -1.54. The Bertz CT molecular complexity index is 507. The first-order valence-corrected chi connectivity index (χ1v) is 6.05. The predicted octanol–water partition coefficient (Wildman–Crippen LogP) is 3.52. The fourth-order valence-corrected chi connectivity index (χ4v) is 2.06. The minimum Gasteiger partial charge on any atom is -0.497 e. The standard InChI is InChI=1S/C15H19NO/c1-4-16-11(2)12-5-6-14-10-15(17-3)8-7-13(14)9-12/h5-11,16H,4H2,1-3H3. The van der Waals surface area contributed by atoms with E-state index < -0.39 is 0 Å². The van der Waals surface area contributed by atoms with E-state index in [0.717, 1.165) is 12.3 Å². The minimum atomic E-state index is 0.395. The first-order chi connectivity index (χ1) is 8.24. The number of fused-ring (bicyclic) bond motifs is 1. The highest BCUT2D eigenvalue weighted by molar-refractivity contribution is 5.84. The van der Waals surface area contributed by atoms with E-state index in [1.807, 2.05) is 6.07 Å². The van der Waals surface area contributed by atoms with Gasteiger partial charge in [-0.15, -0.1) is 0 Å². The van der Waals surface area contributed by atoms with Gasteiger partial charge in [0.2, 0.25) is 0 Å². The van der Waals surface area contributed by atoms with Crippen LogP contribution in [0.5, 0.6) is 5.75 Å².